The fourth-order valence-corrected chi connectivity index (χ4v) is 5.45. The number of fused-ring (bicyclic) bond motifs is 3. The minimum atomic E-state index is -0.583. The number of methoxy groups -OCH3 is 2. The van der Waals surface area contributed by atoms with Gasteiger partial charge in [0, 0.05) is 24.1 Å². The van der Waals surface area contributed by atoms with Gasteiger partial charge in [0.25, 0.3) is 0 Å². The van der Waals surface area contributed by atoms with Gasteiger partial charge in [-0.3, -0.25) is 9.59 Å². The molecule has 186 valence electrons. The maximum atomic E-state index is 13.1. The Labute approximate surface area is 207 Å². The number of amides is 1. The van der Waals surface area contributed by atoms with E-state index in [-0.39, 0.29) is 54.9 Å². The standard InChI is InChI=1S/C25H26ClNO8/c1-31-18-6-12(7-19(32-2)24(18)29)21-13-8-16-17(35-11-34-16)9-14(13)23(27-20(28)4-3-5-26)15-10-33-25(30)22(15)21/h6-9,15,21-23,29H,3-5,10-11H2,1-2H3,(H,27,28). The molecule has 3 aliphatic rings. The van der Waals surface area contributed by atoms with Gasteiger partial charge in [-0.05, 0) is 47.4 Å². The highest BCUT2D eigenvalue weighted by Crippen LogP contribution is 2.55. The summed E-state index contributed by atoms with van der Waals surface area (Å²) in [5.74, 6) is -0.0236. The van der Waals surface area contributed by atoms with Gasteiger partial charge in [0.15, 0.2) is 23.0 Å². The first-order valence-electron chi connectivity index (χ1n) is 11.4. The van der Waals surface area contributed by atoms with Crippen molar-refractivity contribution in [3.63, 3.8) is 0 Å². The predicted octanol–water partition coefficient (Wildman–Crippen LogP) is 3.25. The van der Waals surface area contributed by atoms with E-state index in [4.69, 9.17) is 35.3 Å². The number of rotatable bonds is 7. The molecule has 0 radical (unpaired) electrons. The molecule has 4 unspecified atom stereocenters. The summed E-state index contributed by atoms with van der Waals surface area (Å²) >= 11 is 5.78. The van der Waals surface area contributed by atoms with E-state index in [9.17, 15) is 14.7 Å². The topological polar surface area (TPSA) is 113 Å². The number of phenolic OH excluding ortho intramolecular Hbond substituents is 1. The number of alkyl halides is 1. The average molecular weight is 504 g/mol. The van der Waals surface area contributed by atoms with E-state index < -0.39 is 17.9 Å². The molecule has 1 aliphatic carbocycles. The highest BCUT2D eigenvalue weighted by atomic mass is 35.5. The van der Waals surface area contributed by atoms with Crippen molar-refractivity contribution in [1.82, 2.24) is 5.32 Å². The van der Waals surface area contributed by atoms with Crippen molar-refractivity contribution < 1.29 is 38.4 Å². The lowest BCUT2D eigenvalue weighted by Crippen LogP contribution is -2.42. The normalized spacial score (nSPS) is 23.8. The van der Waals surface area contributed by atoms with Crippen molar-refractivity contribution in [1.29, 1.82) is 0 Å². The lowest BCUT2D eigenvalue weighted by atomic mass is 9.65. The maximum absolute atomic E-state index is 13.1. The molecule has 0 bridgehead atoms. The Hall–Kier alpha value is -3.33. The number of phenols is 1. The molecule has 10 heteroatoms. The second-order valence-corrected chi connectivity index (χ2v) is 9.12. The zero-order valence-electron chi connectivity index (χ0n) is 19.3. The van der Waals surface area contributed by atoms with Crippen LogP contribution >= 0.6 is 11.6 Å². The van der Waals surface area contributed by atoms with Crippen molar-refractivity contribution >= 4 is 23.5 Å². The number of carbonyl (C=O) groups excluding carboxylic acids is 2. The molecule has 2 N–H and O–H groups in total. The van der Waals surface area contributed by atoms with Crippen LogP contribution in [0, 0.1) is 11.8 Å². The summed E-state index contributed by atoms with van der Waals surface area (Å²) in [5.41, 5.74) is 2.33. The Balaban J connectivity index is 1.68. The Kier molecular flexibility index (Phi) is 6.27. The molecular formula is C25H26ClNO8. The minimum Gasteiger partial charge on any atom is -0.502 e. The van der Waals surface area contributed by atoms with Crippen LogP contribution in [-0.4, -0.2) is 50.5 Å². The van der Waals surface area contributed by atoms with Crippen LogP contribution in [0.1, 0.15) is 41.5 Å². The molecule has 1 amide bonds. The monoisotopic (exact) mass is 503 g/mol. The number of carbonyl (C=O) groups is 2. The maximum Gasteiger partial charge on any atom is 0.310 e. The van der Waals surface area contributed by atoms with E-state index in [1.165, 1.54) is 14.2 Å². The molecule has 2 aromatic rings. The van der Waals surface area contributed by atoms with E-state index >= 15 is 0 Å². The first-order valence-corrected chi connectivity index (χ1v) is 11.9. The van der Waals surface area contributed by atoms with E-state index in [1.54, 1.807) is 12.1 Å². The molecule has 0 aromatic heterocycles. The number of halogens is 1. The quantitative estimate of drug-likeness (QED) is 0.437. The third-order valence-electron chi connectivity index (χ3n) is 6.90. The lowest BCUT2D eigenvalue weighted by molar-refractivity contribution is -0.141. The molecule has 5 rings (SSSR count). The summed E-state index contributed by atoms with van der Waals surface area (Å²) in [6, 6.07) is 6.65. The van der Waals surface area contributed by atoms with Crippen molar-refractivity contribution in [3.8, 4) is 28.7 Å². The molecule has 2 aliphatic heterocycles. The Bertz CT molecular complexity index is 1140. The number of nitrogens with one attached hydrogen (secondary N) is 1. The van der Waals surface area contributed by atoms with Crippen LogP contribution in [0.5, 0.6) is 28.7 Å². The largest absolute Gasteiger partial charge is 0.502 e. The number of hydrogen-bond donors (Lipinski definition) is 2. The number of aromatic hydroxyl groups is 1. The molecule has 0 spiro atoms. The summed E-state index contributed by atoms with van der Waals surface area (Å²) in [6.07, 6.45) is 0.829. The van der Waals surface area contributed by atoms with Crippen molar-refractivity contribution in [2.75, 3.05) is 33.5 Å². The highest BCUT2D eigenvalue weighted by Gasteiger charge is 2.53. The van der Waals surface area contributed by atoms with Crippen LogP contribution < -0.4 is 24.3 Å². The molecule has 1 saturated heterocycles. The number of benzene rings is 2. The van der Waals surface area contributed by atoms with Crippen LogP contribution in [0.3, 0.4) is 0 Å². The van der Waals surface area contributed by atoms with Crippen LogP contribution in [0.25, 0.3) is 0 Å². The summed E-state index contributed by atoms with van der Waals surface area (Å²) in [4.78, 5) is 25.8. The molecule has 1 fully saturated rings. The zero-order chi connectivity index (χ0) is 24.7. The number of hydrogen-bond acceptors (Lipinski definition) is 8. The van der Waals surface area contributed by atoms with E-state index in [0.29, 0.717) is 29.4 Å². The molecule has 9 nitrogen and oxygen atoms in total. The SMILES string of the molecule is COc1cc(C2c3cc4c(cc3C(NC(=O)CCCCl)C3COC(=O)C23)OCO4)cc(OC)c1O. The molecule has 4 atom stereocenters. The number of ether oxygens (including phenoxy) is 5. The van der Waals surface area contributed by atoms with Gasteiger partial charge in [0.2, 0.25) is 18.4 Å². The molecule has 2 heterocycles. The van der Waals surface area contributed by atoms with Crippen LogP contribution in [-0.2, 0) is 14.3 Å². The summed E-state index contributed by atoms with van der Waals surface area (Å²) < 4.78 is 27.5. The van der Waals surface area contributed by atoms with Crippen LogP contribution in [0.15, 0.2) is 24.3 Å². The summed E-state index contributed by atoms with van der Waals surface area (Å²) in [5, 5.41) is 13.6. The lowest BCUT2D eigenvalue weighted by Gasteiger charge is -2.39. The van der Waals surface area contributed by atoms with E-state index in [2.05, 4.69) is 5.32 Å². The van der Waals surface area contributed by atoms with Gasteiger partial charge in [-0.15, -0.1) is 11.6 Å². The fourth-order valence-electron chi connectivity index (χ4n) is 5.31. The van der Waals surface area contributed by atoms with Gasteiger partial charge in [-0.25, -0.2) is 0 Å². The fraction of sp³-hybridized carbons (Fsp3) is 0.440. The Morgan fingerprint density at radius 2 is 1.74 bits per heavy atom. The van der Waals surface area contributed by atoms with Gasteiger partial charge >= 0.3 is 5.97 Å². The Morgan fingerprint density at radius 1 is 1.09 bits per heavy atom. The summed E-state index contributed by atoms with van der Waals surface area (Å²) in [6.45, 7) is 0.256. The van der Waals surface area contributed by atoms with Gasteiger partial charge < -0.3 is 34.1 Å². The molecule has 35 heavy (non-hydrogen) atoms. The third kappa shape index (κ3) is 3.97. The minimum absolute atomic E-state index is 0.0887. The summed E-state index contributed by atoms with van der Waals surface area (Å²) in [7, 11) is 2.90. The van der Waals surface area contributed by atoms with Gasteiger partial charge in [0.05, 0.1) is 32.8 Å². The Morgan fingerprint density at radius 3 is 2.37 bits per heavy atom. The first kappa shape index (κ1) is 23.4. The van der Waals surface area contributed by atoms with Crippen molar-refractivity contribution in [2.45, 2.75) is 24.8 Å². The predicted molar refractivity (Wildman–Crippen MR) is 124 cm³/mol. The molecule has 0 saturated carbocycles. The number of cyclic esters (lactones) is 1. The third-order valence-corrected chi connectivity index (χ3v) is 7.17. The average Bonchev–Trinajstić information content (AvgIpc) is 3.48. The van der Waals surface area contributed by atoms with Gasteiger partial charge in [-0.1, -0.05) is 0 Å². The van der Waals surface area contributed by atoms with Crippen LogP contribution in [0.4, 0.5) is 0 Å². The van der Waals surface area contributed by atoms with Crippen LogP contribution in [0.2, 0.25) is 0 Å². The molecular weight excluding hydrogens is 478 g/mol. The number of esters is 1. The smallest absolute Gasteiger partial charge is 0.310 e. The van der Waals surface area contributed by atoms with Crippen molar-refractivity contribution in [3.05, 3.63) is 41.0 Å². The van der Waals surface area contributed by atoms with E-state index in [1.807, 2.05) is 12.1 Å². The molecule has 2 aromatic carbocycles. The first-order chi connectivity index (χ1) is 17.0. The van der Waals surface area contributed by atoms with Crippen molar-refractivity contribution in [2.24, 2.45) is 11.8 Å². The second-order valence-electron chi connectivity index (χ2n) is 8.74. The highest BCUT2D eigenvalue weighted by molar-refractivity contribution is 6.17. The zero-order valence-corrected chi connectivity index (χ0v) is 20.1. The van der Waals surface area contributed by atoms with Gasteiger partial charge in [0.1, 0.15) is 0 Å². The van der Waals surface area contributed by atoms with Gasteiger partial charge in [-0.2, -0.15) is 0 Å². The second kappa shape index (κ2) is 9.37. The van der Waals surface area contributed by atoms with E-state index in [0.717, 1.165) is 11.1 Å².